The molecule has 0 radical (unpaired) electrons. The standard InChI is InChI=1S/C12H12O2.C12H18O2.C10H13NO2/c1-3-9-7-12(13)14-11-6-8(2)4-5-10(9)11;1-4-10-7-11(13-5-2)9-12(8-10)14-6-3;1-3-8-6-5-7-9(4-2)10(8)11(12)13/h4-7H,3H2,1-2H3;7-9H,4-6H2,1-3H3;5-7H,3-4H2,1-2H3. The zero-order chi connectivity index (χ0) is 30.4. The first-order chi connectivity index (χ1) is 19.7. The minimum atomic E-state index is -0.280. The summed E-state index contributed by atoms with van der Waals surface area (Å²) in [6, 6.07) is 19.1. The van der Waals surface area contributed by atoms with Crippen molar-refractivity contribution >= 4 is 16.7 Å². The van der Waals surface area contributed by atoms with Crippen LogP contribution in [0.5, 0.6) is 11.5 Å². The Morgan fingerprint density at radius 3 is 1.76 bits per heavy atom. The van der Waals surface area contributed by atoms with E-state index in [4.69, 9.17) is 13.9 Å². The molecule has 4 aromatic rings. The lowest BCUT2D eigenvalue weighted by Crippen LogP contribution is -1.99. The monoisotopic (exact) mass is 561 g/mol. The normalized spacial score (nSPS) is 10.2. The van der Waals surface area contributed by atoms with Crippen molar-refractivity contribution in [1.82, 2.24) is 0 Å². The molecule has 0 unspecified atom stereocenters. The highest BCUT2D eigenvalue weighted by Crippen LogP contribution is 2.25. The maximum Gasteiger partial charge on any atom is 0.336 e. The average molecular weight is 562 g/mol. The van der Waals surface area contributed by atoms with Crippen LogP contribution in [0.15, 0.2) is 69.9 Å². The van der Waals surface area contributed by atoms with Crippen LogP contribution in [0, 0.1) is 17.0 Å². The molecule has 220 valence electrons. The number of ether oxygens (including phenoxy) is 2. The second-order valence-corrected chi connectivity index (χ2v) is 9.37. The zero-order valence-corrected chi connectivity index (χ0v) is 25.4. The Kier molecular flexibility index (Phi) is 13.6. The van der Waals surface area contributed by atoms with Gasteiger partial charge in [-0.25, -0.2) is 4.79 Å². The third-order valence-corrected chi connectivity index (χ3v) is 6.48. The molecule has 1 aromatic heterocycles. The van der Waals surface area contributed by atoms with Crippen molar-refractivity contribution < 1.29 is 18.8 Å². The first kappa shape index (κ1) is 33.1. The molecule has 0 aliphatic carbocycles. The average Bonchev–Trinajstić information content (AvgIpc) is 2.96. The van der Waals surface area contributed by atoms with Gasteiger partial charge < -0.3 is 13.9 Å². The van der Waals surface area contributed by atoms with Crippen LogP contribution in [0.1, 0.15) is 69.4 Å². The highest BCUT2D eigenvalue weighted by Gasteiger charge is 2.16. The molecule has 0 aliphatic heterocycles. The number of hydrogen-bond donors (Lipinski definition) is 0. The van der Waals surface area contributed by atoms with Crippen LogP contribution in [0.3, 0.4) is 0 Å². The topological polar surface area (TPSA) is 91.8 Å². The van der Waals surface area contributed by atoms with Crippen LogP contribution in [0.4, 0.5) is 5.69 Å². The van der Waals surface area contributed by atoms with Crippen molar-refractivity contribution in [3.63, 3.8) is 0 Å². The van der Waals surface area contributed by atoms with Gasteiger partial charge in [0.1, 0.15) is 17.1 Å². The van der Waals surface area contributed by atoms with Gasteiger partial charge in [-0.2, -0.15) is 0 Å². The van der Waals surface area contributed by atoms with E-state index in [-0.39, 0.29) is 10.5 Å². The molecule has 0 spiro atoms. The van der Waals surface area contributed by atoms with Crippen LogP contribution < -0.4 is 15.1 Å². The summed E-state index contributed by atoms with van der Waals surface area (Å²) in [7, 11) is 0. The minimum absolute atomic E-state index is 0.264. The van der Waals surface area contributed by atoms with Gasteiger partial charge in [-0.05, 0) is 81.3 Å². The zero-order valence-electron chi connectivity index (χ0n) is 25.4. The van der Waals surface area contributed by atoms with Gasteiger partial charge in [0.25, 0.3) is 5.69 Å². The third kappa shape index (κ3) is 9.78. The summed E-state index contributed by atoms with van der Waals surface area (Å²) in [5.74, 6) is 1.80. The number of nitro benzene ring substituents is 1. The minimum Gasteiger partial charge on any atom is -0.494 e. The lowest BCUT2D eigenvalue weighted by molar-refractivity contribution is -0.386. The molecule has 1 heterocycles. The summed E-state index contributed by atoms with van der Waals surface area (Å²) < 4.78 is 16.0. The van der Waals surface area contributed by atoms with Gasteiger partial charge in [-0.3, -0.25) is 10.1 Å². The predicted molar refractivity (Wildman–Crippen MR) is 167 cm³/mol. The fraction of sp³-hybridized carbons (Fsp3) is 0.382. The summed E-state index contributed by atoms with van der Waals surface area (Å²) >= 11 is 0. The van der Waals surface area contributed by atoms with Crippen LogP contribution in [-0.4, -0.2) is 18.1 Å². The van der Waals surface area contributed by atoms with E-state index in [0.29, 0.717) is 37.3 Å². The van der Waals surface area contributed by atoms with Gasteiger partial charge >= 0.3 is 5.63 Å². The highest BCUT2D eigenvalue weighted by molar-refractivity contribution is 5.80. The van der Waals surface area contributed by atoms with E-state index < -0.39 is 0 Å². The molecule has 7 heteroatoms. The molecule has 0 bridgehead atoms. The third-order valence-electron chi connectivity index (χ3n) is 6.48. The fourth-order valence-electron chi connectivity index (χ4n) is 4.41. The Labute approximate surface area is 243 Å². The smallest absolute Gasteiger partial charge is 0.336 e. The van der Waals surface area contributed by atoms with Gasteiger partial charge in [-0.1, -0.05) is 58.0 Å². The predicted octanol–water partition coefficient (Wildman–Crippen LogP) is 8.43. The molecular formula is C34H43NO6. The lowest BCUT2D eigenvalue weighted by atomic mass is 10.0. The molecule has 7 nitrogen and oxygen atoms in total. The van der Waals surface area contributed by atoms with Crippen LogP contribution in [0.25, 0.3) is 11.0 Å². The van der Waals surface area contributed by atoms with Crippen molar-refractivity contribution in [2.45, 2.75) is 74.1 Å². The van der Waals surface area contributed by atoms with E-state index in [1.165, 1.54) is 5.56 Å². The van der Waals surface area contributed by atoms with E-state index in [1.54, 1.807) is 6.07 Å². The SMILES string of the molecule is CCOc1cc(CC)cc(OCC)c1.CCc1cc(=O)oc2cc(C)ccc12.CCc1cccc(CC)c1[N+](=O)[O-]. The number of nitrogens with zero attached hydrogens (tertiary/aromatic N) is 1. The molecule has 0 saturated carbocycles. The fourth-order valence-corrected chi connectivity index (χ4v) is 4.41. The molecular weight excluding hydrogens is 518 g/mol. The summed E-state index contributed by atoms with van der Waals surface area (Å²) in [5.41, 5.74) is 5.78. The van der Waals surface area contributed by atoms with Gasteiger partial charge in [0.2, 0.25) is 0 Å². The van der Waals surface area contributed by atoms with E-state index in [1.807, 2.05) is 84.0 Å². The number of nitro groups is 1. The van der Waals surface area contributed by atoms with Gasteiger partial charge in [-0.15, -0.1) is 0 Å². The number of fused-ring (bicyclic) bond motifs is 1. The first-order valence-corrected chi connectivity index (χ1v) is 14.4. The highest BCUT2D eigenvalue weighted by atomic mass is 16.6. The Hall–Kier alpha value is -4.13. The molecule has 0 fully saturated rings. The molecule has 0 N–H and O–H groups in total. The first-order valence-electron chi connectivity index (χ1n) is 14.4. The van der Waals surface area contributed by atoms with E-state index in [0.717, 1.165) is 52.0 Å². The summed E-state index contributed by atoms with van der Waals surface area (Å²) in [5, 5.41) is 11.8. The largest absolute Gasteiger partial charge is 0.494 e. The van der Waals surface area contributed by atoms with Crippen molar-refractivity contribution in [3.05, 3.63) is 109 Å². The molecule has 0 aliphatic rings. The number of hydrogen-bond acceptors (Lipinski definition) is 6. The molecule has 41 heavy (non-hydrogen) atoms. The Morgan fingerprint density at radius 1 is 0.732 bits per heavy atom. The quantitative estimate of drug-likeness (QED) is 0.116. The van der Waals surface area contributed by atoms with E-state index in [9.17, 15) is 14.9 Å². The maximum atomic E-state index is 11.2. The van der Waals surface area contributed by atoms with Gasteiger partial charge in [0.05, 0.1) is 18.1 Å². The van der Waals surface area contributed by atoms with Crippen LogP contribution >= 0.6 is 0 Å². The number of aryl methyl sites for hydroxylation is 5. The number of rotatable bonds is 9. The van der Waals surface area contributed by atoms with Gasteiger partial charge in [0, 0.05) is 28.6 Å². The van der Waals surface area contributed by atoms with Gasteiger partial charge in [0.15, 0.2) is 0 Å². The molecule has 3 aromatic carbocycles. The van der Waals surface area contributed by atoms with Crippen LogP contribution in [-0.2, 0) is 25.7 Å². The van der Waals surface area contributed by atoms with E-state index in [2.05, 4.69) is 19.1 Å². The summed E-state index contributed by atoms with van der Waals surface area (Å²) in [6.07, 6.45) is 3.28. The van der Waals surface area contributed by atoms with Crippen molar-refractivity contribution in [2.75, 3.05) is 13.2 Å². The molecule has 4 rings (SSSR count). The Morgan fingerprint density at radius 2 is 1.29 bits per heavy atom. The van der Waals surface area contributed by atoms with E-state index >= 15 is 0 Å². The Bertz CT molecular complexity index is 1430. The maximum absolute atomic E-state index is 11.2. The van der Waals surface area contributed by atoms with Crippen molar-refractivity contribution in [3.8, 4) is 11.5 Å². The van der Waals surface area contributed by atoms with Crippen LogP contribution in [0.2, 0.25) is 0 Å². The number of para-hydroxylation sites is 1. The summed E-state index contributed by atoms with van der Waals surface area (Å²) in [4.78, 5) is 21.7. The number of benzene rings is 3. The second kappa shape index (κ2) is 16.9. The van der Waals surface area contributed by atoms with Crippen molar-refractivity contribution in [1.29, 1.82) is 0 Å². The lowest BCUT2D eigenvalue weighted by Gasteiger charge is -2.09. The second-order valence-electron chi connectivity index (χ2n) is 9.37. The molecule has 0 atom stereocenters. The molecule has 0 amide bonds. The molecule has 0 saturated heterocycles. The van der Waals surface area contributed by atoms with Crippen molar-refractivity contribution in [2.24, 2.45) is 0 Å². The summed E-state index contributed by atoms with van der Waals surface area (Å²) in [6.45, 7) is 15.4. The Balaban J connectivity index is 0.000000215.